The van der Waals surface area contributed by atoms with Gasteiger partial charge in [0.2, 0.25) is 0 Å². The van der Waals surface area contributed by atoms with Crippen molar-refractivity contribution >= 4 is 11.0 Å². The summed E-state index contributed by atoms with van der Waals surface area (Å²) < 4.78 is 52.8. The van der Waals surface area contributed by atoms with Gasteiger partial charge in [0.15, 0.2) is 0 Å². The van der Waals surface area contributed by atoms with Crippen LogP contribution in [0.3, 0.4) is 0 Å². The first kappa shape index (κ1) is 17.7. The second kappa shape index (κ2) is 6.59. The molecule has 0 aromatic carbocycles. The van der Waals surface area contributed by atoms with Crippen molar-refractivity contribution in [2.24, 2.45) is 0 Å². The summed E-state index contributed by atoms with van der Waals surface area (Å²) in [6.07, 6.45) is -0.143. The molecule has 0 saturated carbocycles. The number of fused-ring (bicyclic) bond motifs is 1. The fourth-order valence-corrected chi connectivity index (χ4v) is 4.01. The molecule has 5 rings (SSSR count). The number of halogens is 3. The second-order valence-corrected chi connectivity index (χ2v) is 7.30. The van der Waals surface area contributed by atoms with Gasteiger partial charge >= 0.3 is 6.18 Å². The molecule has 9 heteroatoms. The number of aromatic amines is 1. The Morgan fingerprint density at radius 2 is 1.93 bits per heavy atom. The number of ether oxygens (including phenoxy) is 2. The third-order valence-corrected chi connectivity index (χ3v) is 5.50. The molecule has 2 aliphatic heterocycles. The Hall–Kier alpha value is -2.39. The van der Waals surface area contributed by atoms with Gasteiger partial charge in [-0.1, -0.05) is 0 Å². The molecule has 2 aliphatic rings. The van der Waals surface area contributed by atoms with Crippen LogP contribution in [0.4, 0.5) is 13.2 Å². The van der Waals surface area contributed by atoms with Gasteiger partial charge in [0.25, 0.3) is 0 Å². The monoisotopic (exact) mass is 392 g/mol. The highest BCUT2D eigenvalue weighted by atomic mass is 19.4. The molecule has 0 radical (unpaired) electrons. The molecule has 3 aromatic rings. The van der Waals surface area contributed by atoms with Crippen molar-refractivity contribution in [3.63, 3.8) is 0 Å². The number of alkyl halides is 3. The van der Waals surface area contributed by atoms with Gasteiger partial charge in [-0.3, -0.25) is 4.68 Å². The number of pyridine rings is 1. The van der Waals surface area contributed by atoms with Crippen LogP contribution in [-0.2, 0) is 15.7 Å². The highest BCUT2D eigenvalue weighted by Crippen LogP contribution is 2.37. The smallest absolute Gasteiger partial charge is 0.381 e. The lowest BCUT2D eigenvalue weighted by Crippen LogP contribution is -2.16. The summed E-state index contributed by atoms with van der Waals surface area (Å²) in [5.41, 5.74) is 1.73. The number of aromatic nitrogens is 4. The molecule has 0 bridgehead atoms. The summed E-state index contributed by atoms with van der Waals surface area (Å²) in [6, 6.07) is 3.61. The minimum atomic E-state index is -4.44. The number of nitrogens with one attached hydrogen (secondary N) is 1. The van der Waals surface area contributed by atoms with Gasteiger partial charge in [0.05, 0.1) is 30.5 Å². The van der Waals surface area contributed by atoms with E-state index in [4.69, 9.17) is 14.6 Å². The third kappa shape index (κ3) is 2.98. The Bertz CT molecular complexity index is 965. The summed E-state index contributed by atoms with van der Waals surface area (Å²) >= 11 is 0. The van der Waals surface area contributed by atoms with Crippen molar-refractivity contribution < 1.29 is 22.6 Å². The van der Waals surface area contributed by atoms with Crippen LogP contribution in [0.1, 0.15) is 36.1 Å². The van der Waals surface area contributed by atoms with Gasteiger partial charge in [-0.15, -0.1) is 0 Å². The van der Waals surface area contributed by atoms with E-state index < -0.39 is 11.7 Å². The predicted molar refractivity (Wildman–Crippen MR) is 95.0 cm³/mol. The summed E-state index contributed by atoms with van der Waals surface area (Å²) in [7, 11) is 0. The van der Waals surface area contributed by atoms with Crippen molar-refractivity contribution in [3.05, 3.63) is 35.8 Å². The minimum Gasteiger partial charge on any atom is -0.381 e. The molecule has 5 heterocycles. The fourth-order valence-electron chi connectivity index (χ4n) is 4.01. The second-order valence-electron chi connectivity index (χ2n) is 7.30. The Labute approximate surface area is 158 Å². The van der Waals surface area contributed by atoms with E-state index in [2.05, 4.69) is 9.97 Å². The minimum absolute atomic E-state index is 0.0505. The lowest BCUT2D eigenvalue weighted by atomic mass is 10.0. The maximum Gasteiger partial charge on any atom is 0.418 e. The summed E-state index contributed by atoms with van der Waals surface area (Å²) in [5, 5.41) is 4.79. The van der Waals surface area contributed by atoms with Gasteiger partial charge in [-0.2, -0.15) is 18.3 Å². The lowest BCUT2D eigenvalue weighted by molar-refractivity contribution is -0.136. The number of hydrogen-bond acceptors (Lipinski definition) is 4. The number of rotatable bonds is 3. The van der Waals surface area contributed by atoms with Gasteiger partial charge in [0, 0.05) is 48.2 Å². The normalized spacial score (nSPS) is 23.1. The van der Waals surface area contributed by atoms with E-state index in [1.807, 2.05) is 10.7 Å². The quantitative estimate of drug-likeness (QED) is 0.734. The molecule has 0 aliphatic carbocycles. The molecule has 2 unspecified atom stereocenters. The van der Waals surface area contributed by atoms with E-state index in [0.717, 1.165) is 24.7 Å². The highest BCUT2D eigenvalue weighted by Gasteiger charge is 2.34. The molecule has 2 atom stereocenters. The van der Waals surface area contributed by atoms with Crippen LogP contribution < -0.4 is 0 Å². The van der Waals surface area contributed by atoms with Crippen LogP contribution in [0.25, 0.3) is 22.3 Å². The van der Waals surface area contributed by atoms with Crippen molar-refractivity contribution in [1.82, 2.24) is 19.7 Å². The Morgan fingerprint density at radius 1 is 1.11 bits per heavy atom. The van der Waals surface area contributed by atoms with E-state index in [-0.39, 0.29) is 23.0 Å². The average molecular weight is 392 g/mol. The van der Waals surface area contributed by atoms with E-state index in [1.165, 1.54) is 6.07 Å². The lowest BCUT2D eigenvalue weighted by Gasteiger charge is -2.16. The molecule has 0 spiro atoms. The molecule has 148 valence electrons. The van der Waals surface area contributed by atoms with Crippen molar-refractivity contribution in [3.8, 4) is 11.3 Å². The maximum absolute atomic E-state index is 13.3. The Kier molecular flexibility index (Phi) is 4.17. The van der Waals surface area contributed by atoms with Crippen LogP contribution in [0.2, 0.25) is 0 Å². The third-order valence-electron chi connectivity index (χ3n) is 5.50. The van der Waals surface area contributed by atoms with Gasteiger partial charge in [0.1, 0.15) is 5.65 Å². The number of nitrogens with zero attached hydrogens (tertiary/aromatic N) is 3. The SMILES string of the molecule is FC(F)(F)c1c[nH]c2ncc(-c3cc(C4CCOC4)n(C4CCOC4)n3)cc12. The molecule has 28 heavy (non-hydrogen) atoms. The van der Waals surface area contributed by atoms with E-state index in [9.17, 15) is 13.2 Å². The van der Waals surface area contributed by atoms with Crippen LogP contribution in [0.5, 0.6) is 0 Å². The molecule has 2 saturated heterocycles. The van der Waals surface area contributed by atoms with Crippen LogP contribution in [0.15, 0.2) is 24.5 Å². The first-order valence-corrected chi connectivity index (χ1v) is 9.30. The molecule has 3 aromatic heterocycles. The van der Waals surface area contributed by atoms with Crippen molar-refractivity contribution in [2.75, 3.05) is 26.4 Å². The topological polar surface area (TPSA) is 65.0 Å². The average Bonchev–Trinajstić information content (AvgIpc) is 3.46. The van der Waals surface area contributed by atoms with E-state index in [1.54, 1.807) is 6.20 Å². The zero-order valence-electron chi connectivity index (χ0n) is 15.0. The van der Waals surface area contributed by atoms with Crippen LogP contribution in [-0.4, -0.2) is 46.2 Å². The maximum atomic E-state index is 13.3. The van der Waals surface area contributed by atoms with Crippen LogP contribution in [0, 0.1) is 0 Å². The van der Waals surface area contributed by atoms with Crippen molar-refractivity contribution in [2.45, 2.75) is 31.0 Å². The Balaban J connectivity index is 1.59. The summed E-state index contributed by atoms with van der Waals surface area (Å²) in [6.45, 7) is 2.62. The van der Waals surface area contributed by atoms with Crippen LogP contribution >= 0.6 is 0 Å². The number of H-pyrrole nitrogens is 1. The number of hydrogen-bond donors (Lipinski definition) is 1. The molecule has 1 N–H and O–H groups in total. The standard InChI is InChI=1S/C19H19F3N4O2/c20-19(21,22)15-8-24-18-14(15)5-12(7-23-18)16-6-17(11-1-3-27-9-11)26(25-16)13-2-4-28-10-13/h5-8,11,13H,1-4,9-10H2,(H,23,24). The molecular weight excluding hydrogens is 373 g/mol. The first-order chi connectivity index (χ1) is 13.5. The zero-order valence-corrected chi connectivity index (χ0v) is 15.0. The first-order valence-electron chi connectivity index (χ1n) is 9.30. The molecular formula is C19H19F3N4O2. The largest absolute Gasteiger partial charge is 0.418 e. The fraction of sp³-hybridized carbons (Fsp3) is 0.474. The summed E-state index contributed by atoms with van der Waals surface area (Å²) in [4.78, 5) is 6.76. The zero-order chi connectivity index (χ0) is 19.3. The molecule has 2 fully saturated rings. The van der Waals surface area contributed by atoms with Gasteiger partial charge < -0.3 is 14.5 Å². The van der Waals surface area contributed by atoms with E-state index in [0.29, 0.717) is 37.7 Å². The molecule has 0 amide bonds. The van der Waals surface area contributed by atoms with Gasteiger partial charge in [-0.05, 0) is 25.0 Å². The van der Waals surface area contributed by atoms with E-state index >= 15 is 0 Å². The molecule has 6 nitrogen and oxygen atoms in total. The summed E-state index contributed by atoms with van der Waals surface area (Å²) in [5.74, 6) is 0.233. The van der Waals surface area contributed by atoms with Crippen molar-refractivity contribution in [1.29, 1.82) is 0 Å². The Morgan fingerprint density at radius 3 is 2.64 bits per heavy atom. The highest BCUT2D eigenvalue weighted by molar-refractivity contribution is 5.84. The predicted octanol–water partition coefficient (Wildman–Crippen LogP) is 3.91. The van der Waals surface area contributed by atoms with Gasteiger partial charge in [-0.25, -0.2) is 4.98 Å².